The quantitative estimate of drug-likeness (QED) is 0.844. The van der Waals surface area contributed by atoms with E-state index in [0.717, 1.165) is 6.07 Å². The van der Waals surface area contributed by atoms with E-state index >= 15 is 0 Å². The third kappa shape index (κ3) is 3.30. The zero-order valence-corrected chi connectivity index (χ0v) is 11.7. The summed E-state index contributed by atoms with van der Waals surface area (Å²) in [7, 11) is 0. The van der Waals surface area contributed by atoms with E-state index in [-0.39, 0.29) is 11.3 Å². The van der Waals surface area contributed by atoms with Gasteiger partial charge in [-0.3, -0.25) is 4.79 Å². The van der Waals surface area contributed by atoms with Crippen LogP contribution in [0.1, 0.15) is 10.4 Å². The standard InChI is InChI=1S/C13H7BrClF2NO/c14-8-4-7(5-9(15)6-8)13(19)18-11-3-1-2-10(16)12(11)17/h1-6H,(H,18,19). The summed E-state index contributed by atoms with van der Waals surface area (Å²) in [5, 5.41) is 2.65. The zero-order chi connectivity index (χ0) is 14.0. The maximum absolute atomic E-state index is 13.4. The third-order valence-corrected chi connectivity index (χ3v) is 3.00. The molecule has 19 heavy (non-hydrogen) atoms. The number of rotatable bonds is 2. The minimum Gasteiger partial charge on any atom is -0.319 e. The molecule has 1 amide bonds. The lowest BCUT2D eigenvalue weighted by atomic mass is 10.2. The summed E-state index contributed by atoms with van der Waals surface area (Å²) in [6.07, 6.45) is 0. The lowest BCUT2D eigenvalue weighted by Gasteiger charge is -2.07. The number of hydrogen-bond acceptors (Lipinski definition) is 1. The van der Waals surface area contributed by atoms with E-state index in [1.54, 1.807) is 6.07 Å². The highest BCUT2D eigenvalue weighted by molar-refractivity contribution is 9.10. The Morgan fingerprint density at radius 1 is 1.21 bits per heavy atom. The van der Waals surface area contributed by atoms with Crippen LogP contribution >= 0.6 is 27.5 Å². The van der Waals surface area contributed by atoms with Crippen molar-refractivity contribution in [1.82, 2.24) is 0 Å². The molecule has 0 saturated carbocycles. The Morgan fingerprint density at radius 3 is 2.63 bits per heavy atom. The van der Waals surface area contributed by atoms with Gasteiger partial charge in [0.25, 0.3) is 5.91 Å². The van der Waals surface area contributed by atoms with Gasteiger partial charge in [-0.1, -0.05) is 33.6 Å². The second-order valence-electron chi connectivity index (χ2n) is 3.71. The molecule has 0 unspecified atom stereocenters. The van der Waals surface area contributed by atoms with Crippen LogP contribution in [0, 0.1) is 11.6 Å². The van der Waals surface area contributed by atoms with Crippen LogP contribution in [0.25, 0.3) is 0 Å². The summed E-state index contributed by atoms with van der Waals surface area (Å²) < 4.78 is 27.0. The largest absolute Gasteiger partial charge is 0.319 e. The van der Waals surface area contributed by atoms with E-state index in [4.69, 9.17) is 11.6 Å². The van der Waals surface area contributed by atoms with Gasteiger partial charge in [-0.25, -0.2) is 8.78 Å². The molecule has 0 heterocycles. The lowest BCUT2D eigenvalue weighted by Crippen LogP contribution is -2.13. The van der Waals surface area contributed by atoms with Crippen molar-refractivity contribution in [2.24, 2.45) is 0 Å². The Bertz CT molecular complexity index is 628. The number of carbonyl (C=O) groups excluding carboxylic acids is 1. The smallest absolute Gasteiger partial charge is 0.255 e. The molecule has 0 saturated heterocycles. The van der Waals surface area contributed by atoms with Crippen molar-refractivity contribution in [2.75, 3.05) is 5.32 Å². The molecule has 2 rings (SSSR count). The lowest BCUT2D eigenvalue weighted by molar-refractivity contribution is 0.102. The predicted octanol–water partition coefficient (Wildman–Crippen LogP) is 4.63. The summed E-state index contributed by atoms with van der Waals surface area (Å²) in [5.74, 6) is -2.70. The van der Waals surface area contributed by atoms with Crippen LogP contribution in [0.3, 0.4) is 0 Å². The molecule has 0 bridgehead atoms. The van der Waals surface area contributed by atoms with E-state index in [1.807, 2.05) is 0 Å². The molecule has 0 aliphatic rings. The average molecular weight is 347 g/mol. The third-order valence-electron chi connectivity index (χ3n) is 2.32. The second kappa shape index (κ2) is 5.67. The first-order valence-corrected chi connectivity index (χ1v) is 6.36. The molecule has 0 atom stereocenters. The minimum absolute atomic E-state index is 0.221. The fraction of sp³-hybridized carbons (Fsp3) is 0. The first-order chi connectivity index (χ1) is 8.97. The van der Waals surface area contributed by atoms with Gasteiger partial charge < -0.3 is 5.32 Å². The first kappa shape index (κ1) is 14.0. The Balaban J connectivity index is 2.28. The van der Waals surface area contributed by atoms with Gasteiger partial charge in [0.1, 0.15) is 0 Å². The molecule has 98 valence electrons. The van der Waals surface area contributed by atoms with Gasteiger partial charge in [0.2, 0.25) is 0 Å². The molecule has 0 aliphatic heterocycles. The van der Waals surface area contributed by atoms with Gasteiger partial charge in [-0.2, -0.15) is 0 Å². The zero-order valence-electron chi connectivity index (χ0n) is 9.38. The first-order valence-electron chi connectivity index (χ1n) is 5.19. The maximum Gasteiger partial charge on any atom is 0.255 e. The van der Waals surface area contributed by atoms with Gasteiger partial charge in [0.05, 0.1) is 5.69 Å². The van der Waals surface area contributed by atoms with Gasteiger partial charge in [-0.15, -0.1) is 0 Å². The number of hydrogen-bond donors (Lipinski definition) is 1. The summed E-state index contributed by atoms with van der Waals surface area (Å²) in [6.45, 7) is 0. The monoisotopic (exact) mass is 345 g/mol. The molecule has 1 N–H and O–H groups in total. The Hall–Kier alpha value is -1.46. The van der Waals surface area contributed by atoms with Crippen molar-refractivity contribution in [1.29, 1.82) is 0 Å². The van der Waals surface area contributed by atoms with Gasteiger partial charge >= 0.3 is 0 Å². The van der Waals surface area contributed by atoms with Crippen LogP contribution in [0.15, 0.2) is 40.9 Å². The topological polar surface area (TPSA) is 29.1 Å². The number of halogens is 4. The fourth-order valence-electron chi connectivity index (χ4n) is 1.48. The highest BCUT2D eigenvalue weighted by Crippen LogP contribution is 2.22. The van der Waals surface area contributed by atoms with Gasteiger partial charge in [0, 0.05) is 15.1 Å². The van der Waals surface area contributed by atoms with Crippen molar-refractivity contribution >= 4 is 39.1 Å². The molecule has 0 aliphatic carbocycles. The minimum atomic E-state index is -1.10. The van der Waals surface area contributed by atoms with Crippen molar-refractivity contribution in [2.45, 2.75) is 0 Å². The molecule has 0 aromatic heterocycles. The average Bonchev–Trinajstić information content (AvgIpc) is 2.33. The van der Waals surface area contributed by atoms with E-state index in [9.17, 15) is 13.6 Å². The van der Waals surface area contributed by atoms with Crippen molar-refractivity contribution < 1.29 is 13.6 Å². The second-order valence-corrected chi connectivity index (χ2v) is 5.07. The Morgan fingerprint density at radius 2 is 1.95 bits per heavy atom. The molecular weight excluding hydrogens is 340 g/mol. The number of benzene rings is 2. The predicted molar refractivity (Wildman–Crippen MR) is 73.5 cm³/mol. The van der Waals surface area contributed by atoms with Crippen LogP contribution in [-0.2, 0) is 0 Å². The van der Waals surface area contributed by atoms with Crippen molar-refractivity contribution in [3.05, 3.63) is 63.1 Å². The SMILES string of the molecule is O=C(Nc1cccc(F)c1F)c1cc(Cl)cc(Br)c1. The van der Waals surface area contributed by atoms with Crippen molar-refractivity contribution in [3.8, 4) is 0 Å². The van der Waals surface area contributed by atoms with Gasteiger partial charge in [-0.05, 0) is 30.3 Å². The number of anilines is 1. The van der Waals surface area contributed by atoms with E-state index in [2.05, 4.69) is 21.2 Å². The van der Waals surface area contributed by atoms with Gasteiger partial charge in [0.15, 0.2) is 11.6 Å². The Labute approximate surface area is 121 Å². The highest BCUT2D eigenvalue weighted by Gasteiger charge is 2.13. The number of amides is 1. The van der Waals surface area contributed by atoms with Crippen LogP contribution in [-0.4, -0.2) is 5.91 Å². The summed E-state index contributed by atoms with van der Waals surface area (Å²) in [5.41, 5.74) is 0.0177. The molecule has 0 fully saturated rings. The van der Waals surface area contributed by atoms with E-state index in [0.29, 0.717) is 9.50 Å². The number of nitrogens with one attached hydrogen (secondary N) is 1. The maximum atomic E-state index is 13.4. The molecular formula is C13H7BrClF2NO. The van der Waals surface area contributed by atoms with E-state index in [1.165, 1.54) is 24.3 Å². The molecule has 2 aromatic rings. The summed E-state index contributed by atoms with van der Waals surface area (Å²) >= 11 is 9.00. The van der Waals surface area contributed by atoms with Crippen LogP contribution in [0.2, 0.25) is 5.02 Å². The van der Waals surface area contributed by atoms with Crippen LogP contribution in [0.5, 0.6) is 0 Å². The van der Waals surface area contributed by atoms with Crippen molar-refractivity contribution in [3.63, 3.8) is 0 Å². The molecule has 0 radical (unpaired) electrons. The summed E-state index contributed by atoms with van der Waals surface area (Å²) in [4.78, 5) is 11.9. The number of carbonyl (C=O) groups is 1. The highest BCUT2D eigenvalue weighted by atomic mass is 79.9. The Kier molecular flexibility index (Phi) is 4.17. The molecule has 2 nitrogen and oxygen atoms in total. The molecule has 0 spiro atoms. The summed E-state index contributed by atoms with van der Waals surface area (Å²) in [6, 6.07) is 8.12. The molecule has 2 aromatic carbocycles. The fourth-order valence-corrected chi connectivity index (χ4v) is 2.34. The van der Waals surface area contributed by atoms with Crippen LogP contribution < -0.4 is 5.32 Å². The molecule has 6 heteroatoms. The van der Waals surface area contributed by atoms with Crippen LogP contribution in [0.4, 0.5) is 14.5 Å². The van der Waals surface area contributed by atoms with E-state index < -0.39 is 17.5 Å². The normalized spacial score (nSPS) is 10.3.